The number of aliphatic carboxylic acids is 1. The summed E-state index contributed by atoms with van der Waals surface area (Å²) in [6, 6.07) is 7.81. The van der Waals surface area contributed by atoms with Crippen LogP contribution < -0.4 is 0 Å². The Morgan fingerprint density at radius 2 is 2.10 bits per heavy atom. The number of aliphatic hydroxyl groups is 1. The van der Waals surface area contributed by atoms with Gasteiger partial charge in [0.1, 0.15) is 0 Å². The van der Waals surface area contributed by atoms with Gasteiger partial charge in [-0.25, -0.2) is 4.79 Å². The summed E-state index contributed by atoms with van der Waals surface area (Å²) < 4.78 is 0. The van der Waals surface area contributed by atoms with E-state index in [1.807, 2.05) is 31.3 Å². The average molecular weight is 289 g/mol. The lowest BCUT2D eigenvalue weighted by Gasteiger charge is -2.28. The van der Waals surface area contributed by atoms with E-state index in [4.69, 9.17) is 5.11 Å². The molecule has 1 aliphatic carbocycles. The second-order valence-electron chi connectivity index (χ2n) is 6.02. The first-order chi connectivity index (χ1) is 9.97. The minimum atomic E-state index is -0.944. The van der Waals surface area contributed by atoms with Crippen molar-refractivity contribution in [1.82, 2.24) is 4.90 Å². The van der Waals surface area contributed by atoms with Crippen molar-refractivity contribution < 1.29 is 15.0 Å². The lowest BCUT2D eigenvalue weighted by molar-refractivity contribution is -0.131. The van der Waals surface area contributed by atoms with E-state index in [2.05, 4.69) is 4.90 Å². The van der Waals surface area contributed by atoms with Crippen LogP contribution in [-0.2, 0) is 11.3 Å². The molecule has 0 atom stereocenters. The molecule has 0 bridgehead atoms. The predicted molar refractivity (Wildman–Crippen MR) is 82.9 cm³/mol. The molecule has 0 spiro atoms. The summed E-state index contributed by atoms with van der Waals surface area (Å²) in [6.45, 7) is 1.43. The molecule has 1 saturated carbocycles. The maximum Gasteiger partial charge on any atom is 0.328 e. The Hall–Kier alpha value is -1.65. The molecule has 2 N–H and O–H groups in total. The van der Waals surface area contributed by atoms with Crippen LogP contribution in [0, 0.1) is 0 Å². The molecule has 1 fully saturated rings. The number of carbonyl (C=O) groups is 1. The Morgan fingerprint density at radius 1 is 1.38 bits per heavy atom. The van der Waals surface area contributed by atoms with Crippen molar-refractivity contribution >= 4 is 12.0 Å². The van der Waals surface area contributed by atoms with Crippen LogP contribution in [0.4, 0.5) is 0 Å². The second-order valence-corrected chi connectivity index (χ2v) is 6.02. The van der Waals surface area contributed by atoms with Crippen molar-refractivity contribution in [1.29, 1.82) is 0 Å². The first-order valence-corrected chi connectivity index (χ1v) is 7.38. The molecule has 0 aliphatic heterocycles. The molecule has 0 amide bonds. The van der Waals surface area contributed by atoms with Gasteiger partial charge in [-0.2, -0.15) is 0 Å². The molecule has 0 aromatic heterocycles. The van der Waals surface area contributed by atoms with Crippen LogP contribution in [0.5, 0.6) is 0 Å². The zero-order chi connectivity index (χ0) is 15.3. The molecule has 1 aromatic carbocycles. The largest absolute Gasteiger partial charge is 0.478 e. The maximum absolute atomic E-state index is 10.5. The fourth-order valence-electron chi connectivity index (χ4n) is 3.02. The number of hydrogen-bond acceptors (Lipinski definition) is 3. The third kappa shape index (κ3) is 4.99. The van der Waals surface area contributed by atoms with Crippen LogP contribution in [0.25, 0.3) is 6.08 Å². The molecule has 4 nitrogen and oxygen atoms in total. The minimum Gasteiger partial charge on any atom is -0.478 e. The van der Waals surface area contributed by atoms with E-state index in [1.165, 1.54) is 0 Å². The maximum atomic E-state index is 10.5. The van der Waals surface area contributed by atoms with Gasteiger partial charge in [0.05, 0.1) is 5.60 Å². The standard InChI is InChI=1S/C17H23NO3/c1-18(13-17(21)9-2-3-10-17)12-15-6-4-5-14(11-15)7-8-16(19)20/h4-8,11,21H,2-3,9-10,12-13H2,1H3,(H,19,20)/b8-7+. The number of benzene rings is 1. The van der Waals surface area contributed by atoms with Crippen molar-refractivity contribution in [3.63, 3.8) is 0 Å². The summed E-state index contributed by atoms with van der Waals surface area (Å²) >= 11 is 0. The Morgan fingerprint density at radius 3 is 2.76 bits per heavy atom. The number of nitrogens with zero attached hydrogens (tertiary/aromatic N) is 1. The average Bonchev–Trinajstić information content (AvgIpc) is 2.83. The van der Waals surface area contributed by atoms with Crippen molar-refractivity contribution in [2.75, 3.05) is 13.6 Å². The minimum absolute atomic E-state index is 0.532. The normalized spacial score (nSPS) is 17.7. The Balaban J connectivity index is 1.95. The molecule has 0 unspecified atom stereocenters. The summed E-state index contributed by atoms with van der Waals surface area (Å²) in [5.41, 5.74) is 1.46. The van der Waals surface area contributed by atoms with Gasteiger partial charge in [0.25, 0.3) is 0 Å². The Labute approximate surface area is 125 Å². The van der Waals surface area contributed by atoms with Crippen molar-refractivity contribution in [2.45, 2.75) is 37.8 Å². The number of likely N-dealkylation sites (N-methyl/N-ethyl adjacent to an activating group) is 1. The lowest BCUT2D eigenvalue weighted by atomic mass is 10.0. The van der Waals surface area contributed by atoms with E-state index >= 15 is 0 Å². The molecule has 4 heteroatoms. The van der Waals surface area contributed by atoms with Gasteiger partial charge in [-0.1, -0.05) is 37.1 Å². The molecule has 1 aromatic rings. The molecule has 0 radical (unpaired) electrons. The highest BCUT2D eigenvalue weighted by Gasteiger charge is 2.31. The number of hydrogen-bond donors (Lipinski definition) is 2. The smallest absolute Gasteiger partial charge is 0.328 e. The van der Waals surface area contributed by atoms with Gasteiger partial charge >= 0.3 is 5.97 Å². The van der Waals surface area contributed by atoms with Gasteiger partial charge in [-0.05, 0) is 37.1 Å². The third-order valence-electron chi connectivity index (χ3n) is 3.92. The third-order valence-corrected chi connectivity index (χ3v) is 3.92. The van der Waals surface area contributed by atoms with E-state index in [-0.39, 0.29) is 0 Å². The topological polar surface area (TPSA) is 60.8 Å². The van der Waals surface area contributed by atoms with Crippen LogP contribution in [0.2, 0.25) is 0 Å². The summed E-state index contributed by atoms with van der Waals surface area (Å²) in [5.74, 6) is -0.944. The van der Waals surface area contributed by atoms with Crippen LogP contribution in [0.1, 0.15) is 36.8 Å². The quantitative estimate of drug-likeness (QED) is 0.790. The predicted octanol–water partition coefficient (Wildman–Crippen LogP) is 2.52. The molecule has 2 rings (SSSR count). The zero-order valence-corrected chi connectivity index (χ0v) is 12.5. The van der Waals surface area contributed by atoms with E-state index in [0.29, 0.717) is 6.54 Å². The second kappa shape index (κ2) is 6.87. The van der Waals surface area contributed by atoms with Gasteiger partial charge in [-0.15, -0.1) is 0 Å². The fraction of sp³-hybridized carbons (Fsp3) is 0.471. The highest BCUT2D eigenvalue weighted by Crippen LogP contribution is 2.30. The van der Waals surface area contributed by atoms with E-state index in [0.717, 1.165) is 49.4 Å². The van der Waals surface area contributed by atoms with Gasteiger partial charge in [0.2, 0.25) is 0 Å². The SMILES string of the molecule is CN(Cc1cccc(/C=C/C(=O)O)c1)CC1(O)CCCC1. The molecular weight excluding hydrogens is 266 g/mol. The monoisotopic (exact) mass is 289 g/mol. The van der Waals surface area contributed by atoms with Gasteiger partial charge in [0, 0.05) is 19.2 Å². The molecular formula is C17H23NO3. The van der Waals surface area contributed by atoms with Gasteiger partial charge < -0.3 is 10.2 Å². The highest BCUT2D eigenvalue weighted by atomic mass is 16.4. The van der Waals surface area contributed by atoms with Gasteiger partial charge in [0.15, 0.2) is 0 Å². The molecule has 114 valence electrons. The number of carboxylic acid groups (broad SMARTS) is 1. The van der Waals surface area contributed by atoms with Crippen molar-refractivity contribution in [2.24, 2.45) is 0 Å². The zero-order valence-electron chi connectivity index (χ0n) is 12.5. The van der Waals surface area contributed by atoms with Crippen molar-refractivity contribution in [3.8, 4) is 0 Å². The van der Waals surface area contributed by atoms with Crippen LogP contribution >= 0.6 is 0 Å². The lowest BCUT2D eigenvalue weighted by Crippen LogP contribution is -2.38. The molecule has 21 heavy (non-hydrogen) atoms. The first kappa shape index (κ1) is 15.7. The van der Waals surface area contributed by atoms with Crippen LogP contribution in [0.15, 0.2) is 30.3 Å². The fourth-order valence-corrected chi connectivity index (χ4v) is 3.02. The summed E-state index contributed by atoms with van der Waals surface area (Å²) in [5, 5.41) is 19.1. The summed E-state index contributed by atoms with van der Waals surface area (Å²) in [6.07, 6.45) is 6.73. The first-order valence-electron chi connectivity index (χ1n) is 7.38. The Bertz CT molecular complexity index is 519. The summed E-state index contributed by atoms with van der Waals surface area (Å²) in [7, 11) is 2.01. The highest BCUT2D eigenvalue weighted by molar-refractivity contribution is 5.85. The molecule has 0 heterocycles. The number of rotatable bonds is 6. The van der Waals surface area contributed by atoms with Crippen LogP contribution in [-0.4, -0.2) is 40.3 Å². The summed E-state index contributed by atoms with van der Waals surface area (Å²) in [4.78, 5) is 12.7. The molecule has 1 aliphatic rings. The Kier molecular flexibility index (Phi) is 5.15. The van der Waals surface area contributed by atoms with Gasteiger partial charge in [-0.3, -0.25) is 4.90 Å². The number of carboxylic acids is 1. The van der Waals surface area contributed by atoms with Crippen molar-refractivity contribution in [3.05, 3.63) is 41.5 Å². The van der Waals surface area contributed by atoms with Crippen LogP contribution in [0.3, 0.4) is 0 Å². The van der Waals surface area contributed by atoms with E-state index in [1.54, 1.807) is 6.08 Å². The van der Waals surface area contributed by atoms with E-state index in [9.17, 15) is 9.90 Å². The molecule has 0 saturated heterocycles. The van der Waals surface area contributed by atoms with E-state index < -0.39 is 11.6 Å².